The number of hydrogen-bond acceptors (Lipinski definition) is 4. The van der Waals surface area contributed by atoms with Crippen LogP contribution in [0, 0.1) is 0 Å². The number of hydrogen-bond donors (Lipinski definition) is 3. The quantitative estimate of drug-likeness (QED) is 0.788. The van der Waals surface area contributed by atoms with Crippen molar-refractivity contribution in [2.45, 2.75) is 32.2 Å². The van der Waals surface area contributed by atoms with Crippen LogP contribution in [-0.4, -0.2) is 21.7 Å². The van der Waals surface area contributed by atoms with E-state index in [1.54, 1.807) is 0 Å². The molecule has 1 aromatic carbocycles. The molecule has 2 rings (SSSR count). The van der Waals surface area contributed by atoms with Gasteiger partial charge >= 0.3 is 0 Å². The molecule has 0 aliphatic heterocycles. The summed E-state index contributed by atoms with van der Waals surface area (Å²) >= 11 is 0. The summed E-state index contributed by atoms with van der Waals surface area (Å²) in [4.78, 5) is 18.9. The van der Waals surface area contributed by atoms with Crippen molar-refractivity contribution in [2.24, 2.45) is 0 Å². The lowest BCUT2D eigenvalue weighted by Gasteiger charge is -2.30. The molecule has 0 fully saturated rings. The Hall–Kier alpha value is -2.14. The van der Waals surface area contributed by atoms with Gasteiger partial charge in [-0.1, -0.05) is 44.2 Å². The maximum absolute atomic E-state index is 11.7. The van der Waals surface area contributed by atoms with Crippen molar-refractivity contribution in [3.05, 3.63) is 58.1 Å². The number of nitrogens with one attached hydrogen (secondary N) is 2. The number of H-pyrrole nitrogens is 1. The molecule has 0 saturated carbocycles. The molecule has 1 unspecified atom stereocenters. The Morgan fingerprint density at radius 2 is 2.00 bits per heavy atom. The third kappa shape index (κ3) is 3.49. The molecule has 1 aromatic heterocycles. The third-order valence-corrected chi connectivity index (χ3v) is 3.44. The fourth-order valence-electron chi connectivity index (χ4n) is 2.11. The van der Waals surface area contributed by atoms with Crippen molar-refractivity contribution in [3.63, 3.8) is 0 Å². The van der Waals surface area contributed by atoms with E-state index in [1.165, 1.54) is 6.07 Å². The van der Waals surface area contributed by atoms with E-state index in [-0.39, 0.29) is 18.1 Å². The van der Waals surface area contributed by atoms with E-state index in [4.69, 9.17) is 0 Å². The smallest absolute Gasteiger partial charge is 0.252 e. The molecule has 21 heavy (non-hydrogen) atoms. The Kier molecular flexibility index (Phi) is 4.43. The van der Waals surface area contributed by atoms with Crippen LogP contribution in [0.25, 0.3) is 0 Å². The zero-order valence-electron chi connectivity index (χ0n) is 12.6. The number of aliphatic hydroxyl groups excluding tert-OH is 1. The van der Waals surface area contributed by atoms with Gasteiger partial charge in [-0.3, -0.25) is 4.79 Å². The van der Waals surface area contributed by atoms with Gasteiger partial charge in [-0.2, -0.15) is 0 Å². The van der Waals surface area contributed by atoms with E-state index in [9.17, 15) is 9.90 Å². The Morgan fingerprint density at radius 1 is 1.33 bits per heavy atom. The van der Waals surface area contributed by atoms with Gasteiger partial charge in [0.2, 0.25) is 0 Å². The molecule has 0 saturated heterocycles. The third-order valence-electron chi connectivity index (χ3n) is 3.44. The molecule has 3 N–H and O–H groups in total. The number of benzene rings is 1. The fourth-order valence-corrected chi connectivity index (χ4v) is 2.11. The standard InChI is InChI=1S/C16H21N3O2/c1-11(2)15-17-13(9-14(21)18-15)19-16(3,10-20)12-7-5-4-6-8-12/h4-9,11,20H,10H2,1-3H3,(H2,17,18,19,21). The predicted molar refractivity (Wildman–Crippen MR) is 83.4 cm³/mol. The van der Waals surface area contributed by atoms with Crippen LogP contribution in [0.15, 0.2) is 41.2 Å². The molecular weight excluding hydrogens is 266 g/mol. The van der Waals surface area contributed by atoms with Crippen LogP contribution in [0.1, 0.15) is 38.1 Å². The highest BCUT2D eigenvalue weighted by Gasteiger charge is 2.26. The summed E-state index contributed by atoms with van der Waals surface area (Å²) in [5.41, 5.74) is 0.0290. The van der Waals surface area contributed by atoms with Crippen molar-refractivity contribution in [3.8, 4) is 0 Å². The van der Waals surface area contributed by atoms with Crippen LogP contribution in [0.3, 0.4) is 0 Å². The number of aromatic nitrogens is 2. The summed E-state index contributed by atoms with van der Waals surface area (Å²) in [7, 11) is 0. The molecule has 1 atom stereocenters. The zero-order chi connectivity index (χ0) is 15.5. The molecule has 5 heteroatoms. The van der Waals surface area contributed by atoms with Crippen LogP contribution >= 0.6 is 0 Å². The predicted octanol–water partition coefficient (Wildman–Crippen LogP) is 2.21. The van der Waals surface area contributed by atoms with Gasteiger partial charge in [0, 0.05) is 12.0 Å². The van der Waals surface area contributed by atoms with Crippen molar-refractivity contribution in [2.75, 3.05) is 11.9 Å². The molecule has 0 aliphatic carbocycles. The van der Waals surface area contributed by atoms with Crippen molar-refractivity contribution in [1.29, 1.82) is 0 Å². The first-order chi connectivity index (χ1) is 9.94. The highest BCUT2D eigenvalue weighted by atomic mass is 16.3. The molecule has 5 nitrogen and oxygen atoms in total. The number of rotatable bonds is 5. The molecule has 0 amide bonds. The van der Waals surface area contributed by atoms with Gasteiger partial charge in [0.15, 0.2) is 0 Å². The Bertz CT molecular complexity index is 652. The van der Waals surface area contributed by atoms with E-state index in [0.717, 1.165) is 5.56 Å². The normalized spacial score (nSPS) is 14.0. The summed E-state index contributed by atoms with van der Waals surface area (Å²) in [6.45, 7) is 5.69. The minimum atomic E-state index is -0.698. The first-order valence-electron chi connectivity index (χ1n) is 7.00. The lowest BCUT2D eigenvalue weighted by Crippen LogP contribution is -2.36. The van der Waals surface area contributed by atoms with Crippen LogP contribution in [-0.2, 0) is 5.54 Å². The monoisotopic (exact) mass is 287 g/mol. The summed E-state index contributed by atoms with van der Waals surface area (Å²) in [6.07, 6.45) is 0. The van der Waals surface area contributed by atoms with Crippen molar-refractivity contribution >= 4 is 5.82 Å². The van der Waals surface area contributed by atoms with Gasteiger partial charge in [0.1, 0.15) is 11.6 Å². The number of anilines is 1. The van der Waals surface area contributed by atoms with Gasteiger partial charge < -0.3 is 15.4 Å². The van der Waals surface area contributed by atoms with E-state index >= 15 is 0 Å². The van der Waals surface area contributed by atoms with Gasteiger partial charge in [0.05, 0.1) is 12.1 Å². The Labute approximate surface area is 124 Å². The van der Waals surface area contributed by atoms with Crippen LogP contribution < -0.4 is 10.9 Å². The molecule has 0 aliphatic rings. The number of aliphatic hydroxyl groups is 1. The maximum atomic E-state index is 11.7. The maximum Gasteiger partial charge on any atom is 0.252 e. The molecular formula is C16H21N3O2. The van der Waals surface area contributed by atoms with Gasteiger partial charge in [-0.15, -0.1) is 0 Å². The molecule has 2 aromatic rings. The van der Waals surface area contributed by atoms with Crippen LogP contribution in [0.4, 0.5) is 5.82 Å². The molecule has 1 heterocycles. The first kappa shape index (κ1) is 15.3. The minimum absolute atomic E-state index is 0.109. The van der Waals surface area contributed by atoms with Gasteiger partial charge in [0.25, 0.3) is 5.56 Å². The summed E-state index contributed by atoms with van der Waals surface area (Å²) in [5, 5.41) is 12.9. The van der Waals surface area contributed by atoms with E-state index < -0.39 is 5.54 Å². The van der Waals surface area contributed by atoms with Crippen molar-refractivity contribution < 1.29 is 5.11 Å². The highest BCUT2D eigenvalue weighted by molar-refractivity contribution is 5.41. The second kappa shape index (κ2) is 6.10. The average Bonchev–Trinajstić information content (AvgIpc) is 2.47. The zero-order valence-corrected chi connectivity index (χ0v) is 12.6. The lowest BCUT2D eigenvalue weighted by atomic mass is 9.93. The summed E-state index contributed by atoms with van der Waals surface area (Å²) in [5.74, 6) is 1.21. The molecule has 0 spiro atoms. The van der Waals surface area contributed by atoms with E-state index in [2.05, 4.69) is 15.3 Å². The van der Waals surface area contributed by atoms with Crippen LogP contribution in [0.2, 0.25) is 0 Å². The number of nitrogens with zero attached hydrogens (tertiary/aromatic N) is 1. The summed E-state index contributed by atoms with van der Waals surface area (Å²) in [6, 6.07) is 11.0. The van der Waals surface area contributed by atoms with Gasteiger partial charge in [-0.25, -0.2) is 4.98 Å². The molecule has 0 radical (unpaired) electrons. The van der Waals surface area contributed by atoms with Crippen molar-refractivity contribution in [1.82, 2.24) is 9.97 Å². The van der Waals surface area contributed by atoms with Gasteiger partial charge in [-0.05, 0) is 12.5 Å². The number of aromatic amines is 1. The second-order valence-electron chi connectivity index (χ2n) is 5.65. The fraction of sp³-hybridized carbons (Fsp3) is 0.375. The Morgan fingerprint density at radius 3 is 2.57 bits per heavy atom. The first-order valence-corrected chi connectivity index (χ1v) is 7.00. The highest BCUT2D eigenvalue weighted by Crippen LogP contribution is 2.24. The van der Waals surface area contributed by atoms with E-state index in [0.29, 0.717) is 11.6 Å². The summed E-state index contributed by atoms with van der Waals surface area (Å²) < 4.78 is 0. The second-order valence-corrected chi connectivity index (χ2v) is 5.65. The Balaban J connectivity index is 2.37. The largest absolute Gasteiger partial charge is 0.394 e. The molecule has 0 bridgehead atoms. The van der Waals surface area contributed by atoms with E-state index in [1.807, 2.05) is 51.1 Å². The minimum Gasteiger partial charge on any atom is -0.394 e. The lowest BCUT2D eigenvalue weighted by molar-refractivity contribution is 0.223. The topological polar surface area (TPSA) is 78.0 Å². The molecule has 112 valence electrons. The van der Waals surface area contributed by atoms with Crippen LogP contribution in [0.5, 0.6) is 0 Å². The average molecular weight is 287 g/mol. The SMILES string of the molecule is CC(C)c1nc(NC(C)(CO)c2ccccc2)cc(=O)[nH]1.